The summed E-state index contributed by atoms with van der Waals surface area (Å²) in [5, 5.41) is 13.9. The molecule has 0 saturated carbocycles. The van der Waals surface area contributed by atoms with Gasteiger partial charge in [0.1, 0.15) is 11.6 Å². The third-order valence-corrected chi connectivity index (χ3v) is 3.84. The van der Waals surface area contributed by atoms with Crippen LogP contribution >= 0.6 is 15.9 Å². The predicted molar refractivity (Wildman–Crippen MR) is 89.9 cm³/mol. The summed E-state index contributed by atoms with van der Waals surface area (Å²) in [5.74, 6) is 0.382. The van der Waals surface area contributed by atoms with Crippen LogP contribution in [0.15, 0.2) is 40.1 Å². The molecular formula is C16H19BrFN3O. The Kier molecular flexibility index (Phi) is 5.60. The van der Waals surface area contributed by atoms with Crippen molar-refractivity contribution in [2.45, 2.75) is 26.5 Å². The Labute approximate surface area is 138 Å². The second-order valence-electron chi connectivity index (χ2n) is 4.93. The average Bonchev–Trinajstić information content (AvgIpc) is 2.83. The van der Waals surface area contributed by atoms with Crippen molar-refractivity contribution in [2.24, 2.45) is 0 Å². The molecule has 1 heterocycles. The highest BCUT2D eigenvalue weighted by Crippen LogP contribution is 2.33. The Morgan fingerprint density at radius 3 is 2.95 bits per heavy atom. The van der Waals surface area contributed by atoms with Crippen LogP contribution in [-0.4, -0.2) is 19.0 Å². The minimum Gasteiger partial charge on any atom is -0.469 e. The number of rotatable bonds is 6. The molecule has 0 spiro atoms. The number of allylic oxidation sites excluding steroid dienone is 1. The van der Waals surface area contributed by atoms with E-state index in [0.717, 1.165) is 23.4 Å². The fourth-order valence-corrected chi connectivity index (χ4v) is 2.73. The molecule has 1 aliphatic heterocycles. The van der Waals surface area contributed by atoms with Crippen molar-refractivity contribution >= 4 is 27.9 Å². The summed E-state index contributed by atoms with van der Waals surface area (Å²) in [6.07, 6.45) is 3.52. The van der Waals surface area contributed by atoms with Crippen molar-refractivity contribution < 1.29 is 9.13 Å². The topological polar surface area (TPSA) is 57.1 Å². The summed E-state index contributed by atoms with van der Waals surface area (Å²) in [6.45, 7) is 4.70. The molecule has 0 amide bonds. The van der Waals surface area contributed by atoms with Crippen LogP contribution in [0.4, 0.5) is 4.39 Å². The van der Waals surface area contributed by atoms with Gasteiger partial charge in [-0.05, 0) is 53.5 Å². The molecule has 6 heteroatoms. The number of nitrogens with one attached hydrogen (secondary N) is 3. The molecule has 1 unspecified atom stereocenters. The van der Waals surface area contributed by atoms with Gasteiger partial charge in [0.25, 0.3) is 0 Å². The van der Waals surface area contributed by atoms with Crippen LogP contribution in [0.5, 0.6) is 0 Å². The number of hydrogen-bond acceptors (Lipinski definition) is 4. The second kappa shape index (κ2) is 7.45. The first-order valence-electron chi connectivity index (χ1n) is 7.09. The van der Waals surface area contributed by atoms with Crippen LogP contribution < -0.4 is 10.6 Å². The number of hydrogen-bond donors (Lipinski definition) is 3. The molecule has 0 saturated heterocycles. The van der Waals surface area contributed by atoms with Crippen molar-refractivity contribution in [3.63, 3.8) is 0 Å². The van der Waals surface area contributed by atoms with Gasteiger partial charge in [0, 0.05) is 35.4 Å². The SMILES string of the molecule is CCN/C=C(\C=N)CC1=C(c2ccc(F)cc2Br)OC(C)N1. The van der Waals surface area contributed by atoms with E-state index in [1.807, 2.05) is 20.0 Å². The lowest BCUT2D eigenvalue weighted by Crippen LogP contribution is -2.20. The molecule has 2 rings (SSSR count). The van der Waals surface area contributed by atoms with Gasteiger partial charge in [0.05, 0.1) is 5.70 Å². The molecule has 0 aliphatic carbocycles. The van der Waals surface area contributed by atoms with Gasteiger partial charge >= 0.3 is 0 Å². The van der Waals surface area contributed by atoms with Crippen LogP contribution in [-0.2, 0) is 4.74 Å². The summed E-state index contributed by atoms with van der Waals surface area (Å²) in [7, 11) is 0. The van der Waals surface area contributed by atoms with E-state index in [-0.39, 0.29) is 12.0 Å². The molecule has 0 fully saturated rings. The van der Waals surface area contributed by atoms with Gasteiger partial charge in [-0.1, -0.05) is 0 Å². The number of halogens is 2. The first-order chi connectivity index (χ1) is 10.5. The van der Waals surface area contributed by atoms with Crippen LogP contribution in [0.25, 0.3) is 5.76 Å². The largest absolute Gasteiger partial charge is 0.469 e. The molecule has 1 atom stereocenters. The van der Waals surface area contributed by atoms with Crippen LogP contribution in [0.1, 0.15) is 25.8 Å². The third kappa shape index (κ3) is 3.88. The number of benzene rings is 1. The highest BCUT2D eigenvalue weighted by molar-refractivity contribution is 9.10. The summed E-state index contributed by atoms with van der Waals surface area (Å²) < 4.78 is 19.7. The van der Waals surface area contributed by atoms with Crippen molar-refractivity contribution in [1.82, 2.24) is 10.6 Å². The van der Waals surface area contributed by atoms with Gasteiger partial charge in [-0.25, -0.2) is 4.39 Å². The van der Waals surface area contributed by atoms with E-state index in [2.05, 4.69) is 26.6 Å². The van der Waals surface area contributed by atoms with Crippen molar-refractivity contribution in [1.29, 1.82) is 5.41 Å². The van der Waals surface area contributed by atoms with E-state index >= 15 is 0 Å². The zero-order chi connectivity index (χ0) is 16.1. The minimum atomic E-state index is -0.302. The summed E-state index contributed by atoms with van der Waals surface area (Å²) in [5.41, 5.74) is 2.51. The maximum absolute atomic E-state index is 13.3. The molecule has 1 aliphatic rings. The highest BCUT2D eigenvalue weighted by Gasteiger charge is 2.24. The molecule has 0 radical (unpaired) electrons. The minimum absolute atomic E-state index is 0.159. The first-order valence-corrected chi connectivity index (χ1v) is 7.89. The maximum atomic E-state index is 13.3. The van der Waals surface area contributed by atoms with E-state index < -0.39 is 0 Å². The van der Waals surface area contributed by atoms with E-state index in [9.17, 15) is 4.39 Å². The van der Waals surface area contributed by atoms with Gasteiger partial charge < -0.3 is 20.8 Å². The standard InChI is InChI=1S/C16H19BrFN3O/c1-3-20-9-11(8-19)6-15-16(22-10(2)21-15)13-5-4-12(18)7-14(13)17/h4-5,7-10,19-21H,3,6H2,1-2H3/b11-9-,19-8?. The lowest BCUT2D eigenvalue weighted by Gasteiger charge is -2.09. The molecule has 118 valence electrons. The van der Waals surface area contributed by atoms with Gasteiger partial charge in [0.15, 0.2) is 6.23 Å². The van der Waals surface area contributed by atoms with Crippen molar-refractivity contribution in [3.05, 3.63) is 51.5 Å². The lowest BCUT2D eigenvalue weighted by atomic mass is 10.1. The van der Waals surface area contributed by atoms with E-state index in [1.54, 1.807) is 6.07 Å². The second-order valence-corrected chi connectivity index (χ2v) is 5.79. The average molecular weight is 368 g/mol. The van der Waals surface area contributed by atoms with Crippen molar-refractivity contribution in [2.75, 3.05) is 6.54 Å². The van der Waals surface area contributed by atoms with Gasteiger partial charge in [0.2, 0.25) is 0 Å². The van der Waals surface area contributed by atoms with Crippen LogP contribution in [0, 0.1) is 11.2 Å². The predicted octanol–water partition coefficient (Wildman–Crippen LogP) is 3.76. The van der Waals surface area contributed by atoms with Gasteiger partial charge in [-0.2, -0.15) is 0 Å². The smallest absolute Gasteiger partial charge is 0.167 e. The summed E-state index contributed by atoms with van der Waals surface area (Å²) >= 11 is 3.38. The molecule has 4 nitrogen and oxygen atoms in total. The maximum Gasteiger partial charge on any atom is 0.167 e. The van der Waals surface area contributed by atoms with Gasteiger partial charge in [-0.3, -0.25) is 0 Å². The lowest BCUT2D eigenvalue weighted by molar-refractivity contribution is 0.190. The Bertz CT molecular complexity index is 628. The highest BCUT2D eigenvalue weighted by atomic mass is 79.9. The molecule has 1 aromatic carbocycles. The molecule has 0 aromatic heterocycles. The molecule has 3 N–H and O–H groups in total. The third-order valence-electron chi connectivity index (χ3n) is 3.18. The molecule has 1 aromatic rings. The summed E-state index contributed by atoms with van der Waals surface area (Å²) in [6, 6.07) is 4.51. The van der Waals surface area contributed by atoms with E-state index in [1.165, 1.54) is 18.3 Å². The van der Waals surface area contributed by atoms with Crippen LogP contribution in [0.2, 0.25) is 0 Å². The van der Waals surface area contributed by atoms with Crippen molar-refractivity contribution in [3.8, 4) is 0 Å². The van der Waals surface area contributed by atoms with Crippen LogP contribution in [0.3, 0.4) is 0 Å². The Balaban J connectivity index is 2.34. The zero-order valence-corrected chi connectivity index (χ0v) is 14.1. The zero-order valence-electron chi connectivity index (χ0n) is 12.5. The van der Waals surface area contributed by atoms with E-state index in [4.69, 9.17) is 10.1 Å². The number of ether oxygens (including phenoxy) is 1. The monoisotopic (exact) mass is 367 g/mol. The normalized spacial score (nSPS) is 18.0. The van der Waals surface area contributed by atoms with E-state index in [0.29, 0.717) is 16.7 Å². The summed E-state index contributed by atoms with van der Waals surface area (Å²) in [4.78, 5) is 0. The molecule has 22 heavy (non-hydrogen) atoms. The Morgan fingerprint density at radius 2 is 2.32 bits per heavy atom. The quantitative estimate of drug-likeness (QED) is 0.671. The first kappa shape index (κ1) is 16.5. The molecular weight excluding hydrogens is 349 g/mol. The van der Waals surface area contributed by atoms with Gasteiger partial charge in [-0.15, -0.1) is 0 Å². The Hall–Kier alpha value is -1.82. The fraction of sp³-hybridized carbons (Fsp3) is 0.312. The molecule has 0 bridgehead atoms. The fourth-order valence-electron chi connectivity index (χ4n) is 2.20. The Morgan fingerprint density at radius 1 is 1.55 bits per heavy atom.